The van der Waals surface area contributed by atoms with Crippen molar-refractivity contribution in [2.45, 2.75) is 26.8 Å². The van der Waals surface area contributed by atoms with Crippen molar-refractivity contribution < 1.29 is 4.39 Å². The normalized spacial score (nSPS) is 15.2. The Balaban J connectivity index is 1.70. The predicted molar refractivity (Wildman–Crippen MR) is 111 cm³/mol. The smallest absolute Gasteiger partial charge is 0.255 e. The molecule has 1 aliphatic heterocycles. The van der Waals surface area contributed by atoms with E-state index in [1.54, 1.807) is 22.9 Å². The van der Waals surface area contributed by atoms with E-state index < -0.39 is 0 Å². The number of aromatic nitrogens is 4. The summed E-state index contributed by atoms with van der Waals surface area (Å²) in [6.45, 7) is 6.18. The van der Waals surface area contributed by atoms with Crippen LogP contribution < -0.4 is 10.5 Å². The lowest BCUT2D eigenvalue weighted by Crippen LogP contribution is -2.48. The Bertz CT molecular complexity index is 1100. The molecule has 1 aromatic carbocycles. The lowest BCUT2D eigenvalue weighted by Gasteiger charge is -2.40. The summed E-state index contributed by atoms with van der Waals surface area (Å²) in [6.07, 6.45) is 3.67. The Morgan fingerprint density at radius 2 is 2.00 bits per heavy atom. The number of hydrogen-bond acceptors (Lipinski definition) is 5. The third kappa shape index (κ3) is 4.15. The molecule has 3 aromatic rings. The van der Waals surface area contributed by atoms with Crippen LogP contribution in [0.5, 0.6) is 0 Å². The second-order valence-corrected chi connectivity index (χ2v) is 8.44. The zero-order chi connectivity index (χ0) is 20.6. The van der Waals surface area contributed by atoms with Crippen LogP contribution in [0.25, 0.3) is 11.4 Å². The Kier molecular flexibility index (Phi) is 5.08. The second-order valence-electron chi connectivity index (χ2n) is 8.03. The molecule has 4 rings (SSSR count). The number of halogens is 2. The van der Waals surface area contributed by atoms with E-state index in [-0.39, 0.29) is 16.8 Å². The highest BCUT2D eigenvalue weighted by Crippen LogP contribution is 2.30. The number of hydrogen-bond donors (Lipinski definition) is 0. The third-order valence-electron chi connectivity index (χ3n) is 4.99. The summed E-state index contributed by atoms with van der Waals surface area (Å²) in [5.74, 6) is 0.259. The number of fused-ring (bicyclic) bond motifs is 1. The van der Waals surface area contributed by atoms with Crippen LogP contribution in [-0.4, -0.2) is 32.6 Å². The van der Waals surface area contributed by atoms with Crippen LogP contribution in [0.4, 0.5) is 10.3 Å². The summed E-state index contributed by atoms with van der Waals surface area (Å²) in [5.41, 5.74) is 1.78. The van der Waals surface area contributed by atoms with E-state index in [2.05, 4.69) is 28.7 Å². The first kappa shape index (κ1) is 19.5. The lowest BCUT2D eigenvalue weighted by molar-refractivity contribution is 0.274. The molecular formula is C21H21ClFN5O. The van der Waals surface area contributed by atoms with E-state index in [1.165, 1.54) is 24.5 Å². The summed E-state index contributed by atoms with van der Waals surface area (Å²) >= 11 is 6.19. The van der Waals surface area contributed by atoms with Gasteiger partial charge in [0.05, 0.1) is 11.4 Å². The molecule has 3 heterocycles. The van der Waals surface area contributed by atoms with Crippen molar-refractivity contribution in [1.29, 1.82) is 0 Å². The molecule has 8 heteroatoms. The van der Waals surface area contributed by atoms with Gasteiger partial charge >= 0.3 is 0 Å². The number of nitrogens with zero attached hydrogens (tertiary/aromatic N) is 5. The van der Waals surface area contributed by atoms with Crippen molar-refractivity contribution in [3.05, 3.63) is 69.6 Å². The van der Waals surface area contributed by atoms with Gasteiger partial charge in [0.25, 0.3) is 5.56 Å². The SMILES string of the molecule is CC1(C)CN(CCc2ccc(F)cc2Cl)c2nc(-c3ccncn3)cc(=O)n2C1. The van der Waals surface area contributed by atoms with Gasteiger partial charge in [0.15, 0.2) is 0 Å². The minimum absolute atomic E-state index is 0.0957. The molecule has 6 nitrogen and oxygen atoms in total. The summed E-state index contributed by atoms with van der Waals surface area (Å²) in [7, 11) is 0. The molecule has 29 heavy (non-hydrogen) atoms. The zero-order valence-corrected chi connectivity index (χ0v) is 17.0. The van der Waals surface area contributed by atoms with Crippen molar-refractivity contribution in [2.24, 2.45) is 5.41 Å². The molecule has 0 aliphatic carbocycles. The molecule has 0 radical (unpaired) electrons. The molecule has 0 spiro atoms. The van der Waals surface area contributed by atoms with Crippen LogP contribution in [0.2, 0.25) is 5.02 Å². The summed E-state index contributed by atoms with van der Waals surface area (Å²) in [6, 6.07) is 7.67. The Hall–Kier alpha value is -2.80. The highest BCUT2D eigenvalue weighted by Gasteiger charge is 2.32. The Morgan fingerprint density at radius 1 is 1.17 bits per heavy atom. The molecule has 0 amide bonds. The number of rotatable bonds is 4. The maximum absolute atomic E-state index is 13.3. The molecule has 2 aromatic heterocycles. The molecular weight excluding hydrogens is 393 g/mol. The fraction of sp³-hybridized carbons (Fsp3) is 0.333. The molecule has 0 saturated heterocycles. The average molecular weight is 414 g/mol. The van der Waals surface area contributed by atoms with Crippen LogP contribution in [0, 0.1) is 11.2 Å². The van der Waals surface area contributed by atoms with E-state index in [0.717, 1.165) is 12.1 Å². The summed E-state index contributed by atoms with van der Waals surface area (Å²) < 4.78 is 15.0. The fourth-order valence-electron chi connectivity index (χ4n) is 3.68. The largest absolute Gasteiger partial charge is 0.341 e. The van der Waals surface area contributed by atoms with Gasteiger partial charge in [-0.1, -0.05) is 31.5 Å². The Morgan fingerprint density at radius 3 is 2.72 bits per heavy atom. The lowest BCUT2D eigenvalue weighted by atomic mass is 9.91. The van der Waals surface area contributed by atoms with Crippen molar-refractivity contribution >= 4 is 17.5 Å². The van der Waals surface area contributed by atoms with Gasteiger partial charge in [0, 0.05) is 42.3 Å². The predicted octanol–water partition coefficient (Wildman–Crippen LogP) is 3.58. The van der Waals surface area contributed by atoms with Crippen molar-refractivity contribution in [2.75, 3.05) is 18.0 Å². The summed E-state index contributed by atoms with van der Waals surface area (Å²) in [4.78, 5) is 27.8. The van der Waals surface area contributed by atoms with Crippen molar-refractivity contribution in [1.82, 2.24) is 19.5 Å². The molecule has 0 saturated carbocycles. The van der Waals surface area contributed by atoms with Gasteiger partial charge in [-0.05, 0) is 30.2 Å². The minimum atomic E-state index is -0.356. The molecule has 0 unspecified atom stereocenters. The quantitative estimate of drug-likeness (QED) is 0.654. The third-order valence-corrected chi connectivity index (χ3v) is 5.34. The van der Waals surface area contributed by atoms with Crippen LogP contribution in [0.15, 0.2) is 47.7 Å². The van der Waals surface area contributed by atoms with Gasteiger partial charge in [-0.25, -0.2) is 19.3 Å². The van der Waals surface area contributed by atoms with E-state index in [9.17, 15) is 9.18 Å². The second kappa shape index (κ2) is 7.55. The molecule has 150 valence electrons. The minimum Gasteiger partial charge on any atom is -0.341 e. The highest BCUT2D eigenvalue weighted by molar-refractivity contribution is 6.31. The topological polar surface area (TPSA) is 63.9 Å². The van der Waals surface area contributed by atoms with Gasteiger partial charge in [-0.3, -0.25) is 9.36 Å². The van der Waals surface area contributed by atoms with Crippen LogP contribution in [0.3, 0.4) is 0 Å². The zero-order valence-electron chi connectivity index (χ0n) is 16.3. The van der Waals surface area contributed by atoms with Crippen LogP contribution in [0.1, 0.15) is 19.4 Å². The van der Waals surface area contributed by atoms with Gasteiger partial charge in [-0.15, -0.1) is 0 Å². The molecule has 0 fully saturated rings. The van der Waals surface area contributed by atoms with Crippen molar-refractivity contribution in [3.63, 3.8) is 0 Å². The standard InChI is InChI=1S/C21H21ClFN5O/c1-21(2)11-27(8-6-14-3-4-15(23)9-16(14)22)20-26-18(10-19(29)28(20)12-21)17-5-7-24-13-25-17/h3-5,7,9-10,13H,6,8,11-12H2,1-2H3. The summed E-state index contributed by atoms with van der Waals surface area (Å²) in [5, 5.41) is 0.404. The molecule has 0 N–H and O–H groups in total. The van der Waals surface area contributed by atoms with E-state index in [1.807, 2.05) is 0 Å². The molecule has 0 atom stereocenters. The van der Waals surface area contributed by atoms with Crippen LogP contribution >= 0.6 is 11.6 Å². The van der Waals surface area contributed by atoms with E-state index >= 15 is 0 Å². The number of anilines is 1. The van der Waals surface area contributed by atoms with E-state index in [0.29, 0.717) is 41.9 Å². The van der Waals surface area contributed by atoms with Crippen LogP contribution in [-0.2, 0) is 13.0 Å². The Labute approximate surface area is 173 Å². The monoisotopic (exact) mass is 413 g/mol. The first-order chi connectivity index (χ1) is 13.8. The fourth-order valence-corrected chi connectivity index (χ4v) is 3.94. The van der Waals surface area contributed by atoms with Gasteiger partial charge in [0.1, 0.15) is 12.1 Å². The first-order valence-electron chi connectivity index (χ1n) is 9.40. The molecule has 1 aliphatic rings. The van der Waals surface area contributed by atoms with Gasteiger partial charge in [0.2, 0.25) is 5.95 Å². The molecule has 0 bridgehead atoms. The maximum Gasteiger partial charge on any atom is 0.255 e. The van der Waals surface area contributed by atoms with Crippen molar-refractivity contribution in [3.8, 4) is 11.4 Å². The first-order valence-corrected chi connectivity index (χ1v) is 9.77. The average Bonchev–Trinajstić information content (AvgIpc) is 2.68. The number of benzene rings is 1. The maximum atomic E-state index is 13.3. The van der Waals surface area contributed by atoms with Gasteiger partial charge < -0.3 is 4.90 Å². The van der Waals surface area contributed by atoms with Gasteiger partial charge in [-0.2, -0.15) is 0 Å². The highest BCUT2D eigenvalue weighted by atomic mass is 35.5. The van der Waals surface area contributed by atoms with E-state index in [4.69, 9.17) is 16.6 Å².